The van der Waals surface area contributed by atoms with Gasteiger partial charge in [-0.25, -0.2) is 4.98 Å². The summed E-state index contributed by atoms with van der Waals surface area (Å²) in [5.41, 5.74) is 0. The van der Waals surface area contributed by atoms with Crippen molar-refractivity contribution >= 4 is 27.8 Å². The molecule has 3 aromatic heterocycles. The highest BCUT2D eigenvalue weighted by Gasteiger charge is 2.26. The van der Waals surface area contributed by atoms with E-state index in [9.17, 15) is 0 Å². The average molecular weight is 347 g/mol. The van der Waals surface area contributed by atoms with Crippen LogP contribution >= 0.6 is 22.7 Å². The van der Waals surface area contributed by atoms with Crippen molar-refractivity contribution in [2.75, 3.05) is 31.1 Å². The van der Waals surface area contributed by atoms with E-state index in [2.05, 4.69) is 31.9 Å². The topological polar surface area (TPSA) is 58.3 Å². The van der Waals surface area contributed by atoms with Crippen molar-refractivity contribution in [3.8, 4) is 10.8 Å². The van der Waals surface area contributed by atoms with Crippen LogP contribution in [0.5, 0.6) is 0 Å². The summed E-state index contributed by atoms with van der Waals surface area (Å²) in [7, 11) is 0. The van der Waals surface area contributed by atoms with Crippen molar-refractivity contribution < 1.29 is 4.42 Å². The minimum atomic E-state index is 0.134. The molecule has 8 heteroatoms. The molecular formula is C15H17N5OS2. The van der Waals surface area contributed by atoms with E-state index in [0.29, 0.717) is 11.8 Å². The molecule has 4 rings (SSSR count). The van der Waals surface area contributed by atoms with Crippen molar-refractivity contribution in [3.63, 3.8) is 0 Å². The Morgan fingerprint density at radius 3 is 2.70 bits per heavy atom. The molecule has 0 aromatic carbocycles. The fraction of sp³-hybridized carbons (Fsp3) is 0.400. The van der Waals surface area contributed by atoms with E-state index in [1.54, 1.807) is 22.7 Å². The van der Waals surface area contributed by atoms with Gasteiger partial charge in [0, 0.05) is 37.8 Å². The normalized spacial score (nSPS) is 17.5. The van der Waals surface area contributed by atoms with Gasteiger partial charge in [0.05, 0.1) is 10.9 Å². The molecule has 1 aliphatic rings. The molecule has 1 saturated heterocycles. The largest absolute Gasteiger partial charge is 0.418 e. The fourth-order valence-corrected chi connectivity index (χ4v) is 4.07. The summed E-state index contributed by atoms with van der Waals surface area (Å²) in [6, 6.07) is 4.12. The second-order valence-electron chi connectivity index (χ2n) is 5.44. The van der Waals surface area contributed by atoms with Crippen molar-refractivity contribution in [3.05, 3.63) is 35.0 Å². The molecule has 1 aliphatic heterocycles. The van der Waals surface area contributed by atoms with Gasteiger partial charge in [0.2, 0.25) is 5.89 Å². The average Bonchev–Trinajstić information content (AvgIpc) is 3.36. The Morgan fingerprint density at radius 1 is 1.13 bits per heavy atom. The van der Waals surface area contributed by atoms with E-state index >= 15 is 0 Å². The lowest BCUT2D eigenvalue weighted by Gasteiger charge is -2.36. The summed E-state index contributed by atoms with van der Waals surface area (Å²) in [5.74, 6) is 1.30. The number of anilines is 1. The predicted molar refractivity (Wildman–Crippen MR) is 91.9 cm³/mol. The maximum absolute atomic E-state index is 5.86. The van der Waals surface area contributed by atoms with Gasteiger partial charge in [0.15, 0.2) is 5.13 Å². The van der Waals surface area contributed by atoms with Gasteiger partial charge in [0.25, 0.3) is 5.89 Å². The molecule has 1 unspecified atom stereocenters. The van der Waals surface area contributed by atoms with Gasteiger partial charge in [-0.2, -0.15) is 0 Å². The van der Waals surface area contributed by atoms with E-state index in [-0.39, 0.29) is 6.04 Å². The van der Waals surface area contributed by atoms with Gasteiger partial charge < -0.3 is 9.32 Å². The molecule has 4 heterocycles. The second kappa shape index (κ2) is 6.38. The molecule has 1 atom stereocenters. The highest BCUT2D eigenvalue weighted by atomic mass is 32.1. The van der Waals surface area contributed by atoms with E-state index in [1.165, 1.54) is 0 Å². The molecule has 0 N–H and O–H groups in total. The number of nitrogens with zero attached hydrogens (tertiary/aromatic N) is 5. The van der Waals surface area contributed by atoms with Crippen LogP contribution in [0.25, 0.3) is 10.8 Å². The molecule has 0 bridgehead atoms. The lowest BCUT2D eigenvalue weighted by molar-refractivity contribution is 0.174. The molecule has 0 saturated carbocycles. The first-order chi connectivity index (χ1) is 11.3. The molecule has 0 amide bonds. The van der Waals surface area contributed by atoms with Gasteiger partial charge in [-0.3, -0.25) is 4.90 Å². The van der Waals surface area contributed by atoms with Gasteiger partial charge in [-0.1, -0.05) is 6.07 Å². The summed E-state index contributed by atoms with van der Waals surface area (Å²) >= 11 is 3.31. The number of thiophene rings is 1. The third-order valence-corrected chi connectivity index (χ3v) is 5.77. The third kappa shape index (κ3) is 3.01. The summed E-state index contributed by atoms with van der Waals surface area (Å²) in [6.07, 6.45) is 1.86. The van der Waals surface area contributed by atoms with Crippen LogP contribution in [0, 0.1) is 0 Å². The minimum absolute atomic E-state index is 0.134. The number of hydrogen-bond acceptors (Lipinski definition) is 8. The van der Waals surface area contributed by atoms with E-state index < -0.39 is 0 Å². The third-order valence-electron chi connectivity index (χ3n) is 4.08. The molecular weight excluding hydrogens is 330 g/mol. The first-order valence-corrected chi connectivity index (χ1v) is 9.33. The number of thiazole rings is 1. The van der Waals surface area contributed by atoms with Crippen LogP contribution in [0.3, 0.4) is 0 Å². The molecule has 0 radical (unpaired) electrons. The maximum Gasteiger partial charge on any atom is 0.257 e. The Bertz CT molecular complexity index is 732. The zero-order chi connectivity index (χ0) is 15.6. The molecule has 1 fully saturated rings. The van der Waals surface area contributed by atoms with Crippen molar-refractivity contribution in [2.24, 2.45) is 0 Å². The lowest BCUT2D eigenvalue weighted by Crippen LogP contribution is -2.47. The molecule has 23 heavy (non-hydrogen) atoms. The molecule has 3 aromatic rings. The first-order valence-electron chi connectivity index (χ1n) is 7.57. The summed E-state index contributed by atoms with van der Waals surface area (Å²) in [5, 5.41) is 13.6. The fourth-order valence-electron chi connectivity index (χ4n) is 2.73. The monoisotopic (exact) mass is 347 g/mol. The molecule has 6 nitrogen and oxygen atoms in total. The molecule has 0 aliphatic carbocycles. The standard InChI is InChI=1S/C15H17N5OS2/c1-11(13-17-18-14(21-13)12-3-2-9-22-12)19-5-7-20(8-6-19)15-16-4-10-23-15/h2-4,9-11H,5-8H2,1H3. The van der Waals surface area contributed by atoms with Gasteiger partial charge in [-0.15, -0.1) is 32.9 Å². The van der Waals surface area contributed by atoms with E-state index in [0.717, 1.165) is 36.2 Å². The van der Waals surface area contributed by atoms with Crippen LogP contribution < -0.4 is 4.90 Å². The quantitative estimate of drug-likeness (QED) is 0.723. The lowest BCUT2D eigenvalue weighted by atomic mass is 10.2. The second-order valence-corrected chi connectivity index (χ2v) is 7.26. The Balaban J connectivity index is 1.41. The van der Waals surface area contributed by atoms with Crippen molar-refractivity contribution in [2.45, 2.75) is 13.0 Å². The Hall–Kier alpha value is -1.77. The molecule has 0 spiro atoms. The minimum Gasteiger partial charge on any atom is -0.418 e. The first kappa shape index (κ1) is 14.8. The molecule has 120 valence electrons. The smallest absolute Gasteiger partial charge is 0.257 e. The Labute approximate surface area is 142 Å². The van der Waals surface area contributed by atoms with Gasteiger partial charge >= 0.3 is 0 Å². The van der Waals surface area contributed by atoms with Crippen molar-refractivity contribution in [1.29, 1.82) is 0 Å². The van der Waals surface area contributed by atoms with Gasteiger partial charge in [-0.05, 0) is 18.4 Å². The van der Waals surface area contributed by atoms with Crippen LogP contribution in [0.1, 0.15) is 18.9 Å². The van der Waals surface area contributed by atoms with Crippen LogP contribution in [0.4, 0.5) is 5.13 Å². The highest BCUT2D eigenvalue weighted by molar-refractivity contribution is 7.13. The van der Waals surface area contributed by atoms with Crippen LogP contribution in [-0.2, 0) is 0 Å². The highest BCUT2D eigenvalue weighted by Crippen LogP contribution is 2.28. The predicted octanol–water partition coefficient (Wildman–Crippen LogP) is 3.14. The Morgan fingerprint density at radius 2 is 2.00 bits per heavy atom. The number of aromatic nitrogens is 3. The summed E-state index contributed by atoms with van der Waals surface area (Å²) < 4.78 is 5.86. The number of hydrogen-bond donors (Lipinski definition) is 0. The van der Waals surface area contributed by atoms with Crippen LogP contribution in [-0.4, -0.2) is 46.3 Å². The van der Waals surface area contributed by atoms with Crippen LogP contribution in [0.15, 0.2) is 33.5 Å². The number of piperazine rings is 1. The summed E-state index contributed by atoms with van der Waals surface area (Å²) in [4.78, 5) is 10.1. The van der Waals surface area contributed by atoms with E-state index in [1.807, 2.05) is 29.1 Å². The zero-order valence-electron chi connectivity index (χ0n) is 12.8. The van der Waals surface area contributed by atoms with Crippen LogP contribution in [0.2, 0.25) is 0 Å². The SMILES string of the molecule is CC(c1nnc(-c2cccs2)o1)N1CCN(c2nccs2)CC1. The van der Waals surface area contributed by atoms with Crippen molar-refractivity contribution in [1.82, 2.24) is 20.1 Å². The zero-order valence-corrected chi connectivity index (χ0v) is 14.4. The number of rotatable bonds is 4. The Kier molecular flexibility index (Phi) is 4.11. The summed E-state index contributed by atoms with van der Waals surface area (Å²) in [6.45, 7) is 6.02. The van der Waals surface area contributed by atoms with Gasteiger partial charge in [0.1, 0.15) is 0 Å². The maximum atomic E-state index is 5.86. The van der Waals surface area contributed by atoms with E-state index in [4.69, 9.17) is 4.42 Å².